The summed E-state index contributed by atoms with van der Waals surface area (Å²) in [6.07, 6.45) is 14.8. The van der Waals surface area contributed by atoms with Crippen molar-refractivity contribution in [1.82, 2.24) is 4.57 Å². The molecule has 11 aromatic rings. The van der Waals surface area contributed by atoms with Crippen molar-refractivity contribution in [2.24, 2.45) is 0 Å². The number of aromatic nitrogens is 1. The Bertz CT molecular complexity index is 3790. The van der Waals surface area contributed by atoms with Gasteiger partial charge < -0.3 is 9.47 Å². The van der Waals surface area contributed by atoms with Gasteiger partial charge in [-0.05, 0) is 124 Å². The Morgan fingerprint density at radius 2 is 0.956 bits per heavy atom. The van der Waals surface area contributed by atoms with E-state index in [2.05, 4.69) is 264 Å². The van der Waals surface area contributed by atoms with Crippen LogP contribution in [0.5, 0.6) is 0 Å². The van der Waals surface area contributed by atoms with Gasteiger partial charge in [-0.1, -0.05) is 218 Å². The van der Waals surface area contributed by atoms with Crippen LogP contribution in [-0.2, 0) is 0 Å². The number of hydrogen-bond donors (Lipinski definition) is 0. The second kappa shape index (κ2) is 16.8. The normalized spacial score (nSPS) is 15.8. The zero-order chi connectivity index (χ0) is 45.0. The topological polar surface area (TPSA) is 8.17 Å². The average molecular weight is 869 g/mol. The molecule has 0 saturated heterocycles. The highest BCUT2D eigenvalue weighted by molar-refractivity contribution is 6.26. The number of nitrogens with zero attached hydrogens (tertiary/aromatic N) is 2. The Labute approximate surface area is 397 Å². The monoisotopic (exact) mass is 868 g/mol. The van der Waals surface area contributed by atoms with Crippen LogP contribution in [0.3, 0.4) is 0 Å². The van der Waals surface area contributed by atoms with Crippen LogP contribution in [0.15, 0.2) is 255 Å². The average Bonchev–Trinajstić information content (AvgIpc) is 4.08. The fraction of sp³-hybridized carbons (Fsp3) is 0.0606. The van der Waals surface area contributed by atoms with Crippen LogP contribution in [0.4, 0.5) is 5.69 Å². The van der Waals surface area contributed by atoms with Crippen LogP contribution < -0.4 is 4.90 Å². The molecule has 2 nitrogen and oxygen atoms in total. The van der Waals surface area contributed by atoms with Gasteiger partial charge in [0.15, 0.2) is 0 Å². The van der Waals surface area contributed by atoms with E-state index in [-0.39, 0.29) is 5.92 Å². The van der Waals surface area contributed by atoms with Crippen molar-refractivity contribution in [2.75, 3.05) is 11.4 Å². The van der Waals surface area contributed by atoms with Gasteiger partial charge in [-0.2, -0.15) is 0 Å². The third kappa shape index (κ3) is 6.88. The van der Waals surface area contributed by atoms with Crippen molar-refractivity contribution in [3.8, 4) is 39.2 Å². The predicted octanol–water partition coefficient (Wildman–Crippen LogP) is 17.3. The highest BCUT2D eigenvalue weighted by Gasteiger charge is 2.29. The molecular formula is C66H48N2. The molecule has 0 bridgehead atoms. The van der Waals surface area contributed by atoms with Crippen molar-refractivity contribution in [1.29, 1.82) is 0 Å². The lowest BCUT2D eigenvalue weighted by Gasteiger charge is -2.26. The number of rotatable bonds is 8. The molecule has 0 saturated carbocycles. The zero-order valence-corrected chi connectivity index (χ0v) is 37.7. The molecule has 1 aliphatic carbocycles. The van der Waals surface area contributed by atoms with Gasteiger partial charge in [-0.15, -0.1) is 0 Å². The lowest BCUT2D eigenvalue weighted by molar-refractivity contribution is 0.851. The maximum atomic E-state index is 2.55. The SMILES string of the molecule is C1=CCC(c2cc(-c3ccccc3)n(-c3ccc4c(-c5cccc6ccccc56)c5cc(N6CC(c7ccccc7)C=C6c6ccccc6)ccc5c(-c5cccc6ccccc56)c4c3)c2)C=C1. The largest absolute Gasteiger partial charge is 0.340 e. The van der Waals surface area contributed by atoms with E-state index < -0.39 is 0 Å². The molecule has 2 heterocycles. The highest BCUT2D eigenvalue weighted by Crippen LogP contribution is 2.49. The molecule has 2 heteroatoms. The van der Waals surface area contributed by atoms with Gasteiger partial charge in [-0.25, -0.2) is 0 Å². The molecule has 2 unspecified atom stereocenters. The van der Waals surface area contributed by atoms with E-state index in [4.69, 9.17) is 0 Å². The minimum atomic E-state index is 0.251. The highest BCUT2D eigenvalue weighted by atomic mass is 15.2. The molecule has 0 spiro atoms. The van der Waals surface area contributed by atoms with E-state index >= 15 is 0 Å². The molecule has 0 N–H and O–H groups in total. The summed E-state index contributed by atoms with van der Waals surface area (Å²) in [5, 5.41) is 9.89. The van der Waals surface area contributed by atoms with Gasteiger partial charge in [-0.3, -0.25) is 0 Å². The van der Waals surface area contributed by atoms with Crippen LogP contribution in [0.2, 0.25) is 0 Å². The van der Waals surface area contributed by atoms with Crippen molar-refractivity contribution in [2.45, 2.75) is 18.3 Å². The van der Waals surface area contributed by atoms with Gasteiger partial charge in [0.2, 0.25) is 0 Å². The fourth-order valence-electron chi connectivity index (χ4n) is 11.2. The molecule has 10 aromatic carbocycles. The van der Waals surface area contributed by atoms with E-state index in [1.54, 1.807) is 0 Å². The van der Waals surface area contributed by atoms with Crippen molar-refractivity contribution >= 4 is 54.5 Å². The van der Waals surface area contributed by atoms with E-state index in [0.717, 1.165) is 18.7 Å². The minimum absolute atomic E-state index is 0.251. The van der Waals surface area contributed by atoms with Crippen LogP contribution in [-0.4, -0.2) is 11.1 Å². The maximum absolute atomic E-state index is 2.55. The standard InChI is InChI=1S/C66H48N2/c1-5-19-45(20-6-1)51-39-63(49-25-9-3-10-26-49)67(43-51)53-35-37-59-61(41-53)65(57-33-17-29-47-23-13-15-31-55(47)57)60-38-36-54(42-62(60)66(59)58-34-18-30-48-24-14-16-32-56(48)58)68-44-52(46-21-7-2-8-22-46)40-64(68)50-27-11-4-12-28-50/h1-21,23-42,44,46,51H,22,43H2. The molecule has 1 aromatic heterocycles. The second-order valence-corrected chi connectivity index (χ2v) is 18.4. The van der Waals surface area contributed by atoms with E-state index in [0.29, 0.717) is 5.92 Å². The number of allylic oxidation sites excluding steroid dienone is 4. The first-order chi connectivity index (χ1) is 33.7. The van der Waals surface area contributed by atoms with Gasteiger partial charge in [0.05, 0.1) is 5.69 Å². The summed E-state index contributed by atoms with van der Waals surface area (Å²) in [5.74, 6) is 0.573. The smallest absolute Gasteiger partial charge is 0.0531 e. The quantitative estimate of drug-likeness (QED) is 0.138. The molecule has 13 rings (SSSR count). The number of hydrogen-bond acceptors (Lipinski definition) is 1. The molecular weight excluding hydrogens is 821 g/mol. The first-order valence-corrected chi connectivity index (χ1v) is 23.9. The number of fused-ring (bicyclic) bond motifs is 4. The summed E-state index contributed by atoms with van der Waals surface area (Å²) in [7, 11) is 0. The van der Waals surface area contributed by atoms with Crippen LogP contribution in [0, 0.1) is 0 Å². The van der Waals surface area contributed by atoms with Gasteiger partial charge in [0.25, 0.3) is 0 Å². The van der Waals surface area contributed by atoms with Gasteiger partial charge >= 0.3 is 0 Å². The van der Waals surface area contributed by atoms with Crippen LogP contribution >= 0.6 is 0 Å². The summed E-state index contributed by atoms with van der Waals surface area (Å²) in [6, 6.07) is 81.1. The third-order valence-electron chi connectivity index (χ3n) is 14.4. The lowest BCUT2D eigenvalue weighted by Crippen LogP contribution is -2.20. The van der Waals surface area contributed by atoms with Crippen LogP contribution in [0.25, 0.3) is 88.0 Å². The number of benzene rings is 10. The summed E-state index contributed by atoms with van der Waals surface area (Å²) < 4.78 is 2.43. The van der Waals surface area contributed by atoms with E-state index in [1.807, 2.05) is 0 Å². The Kier molecular flexibility index (Phi) is 9.83. The van der Waals surface area contributed by atoms with Crippen LogP contribution in [0.1, 0.15) is 34.9 Å². The maximum Gasteiger partial charge on any atom is 0.0531 e. The van der Waals surface area contributed by atoms with Crippen molar-refractivity contribution < 1.29 is 0 Å². The molecule has 2 aliphatic rings. The molecule has 1 aliphatic heterocycles. The Balaban J connectivity index is 1.12. The Morgan fingerprint density at radius 3 is 1.59 bits per heavy atom. The zero-order valence-electron chi connectivity index (χ0n) is 37.7. The summed E-state index contributed by atoms with van der Waals surface area (Å²) in [5.41, 5.74) is 14.8. The van der Waals surface area contributed by atoms with Crippen molar-refractivity contribution in [3.05, 3.63) is 272 Å². The Hall–Kier alpha value is -8.46. The molecule has 322 valence electrons. The molecule has 0 radical (unpaired) electrons. The summed E-state index contributed by atoms with van der Waals surface area (Å²) in [6.45, 7) is 0.853. The summed E-state index contributed by atoms with van der Waals surface area (Å²) >= 11 is 0. The molecule has 68 heavy (non-hydrogen) atoms. The first kappa shape index (κ1) is 39.9. The second-order valence-electron chi connectivity index (χ2n) is 18.4. The Morgan fingerprint density at radius 1 is 0.397 bits per heavy atom. The summed E-state index contributed by atoms with van der Waals surface area (Å²) in [4.78, 5) is 2.55. The van der Waals surface area contributed by atoms with E-state index in [1.165, 1.54) is 105 Å². The van der Waals surface area contributed by atoms with Gasteiger partial charge in [0, 0.05) is 41.6 Å². The van der Waals surface area contributed by atoms with Crippen molar-refractivity contribution in [3.63, 3.8) is 0 Å². The fourth-order valence-corrected chi connectivity index (χ4v) is 11.2. The molecule has 2 atom stereocenters. The van der Waals surface area contributed by atoms with Gasteiger partial charge in [0.1, 0.15) is 0 Å². The predicted molar refractivity (Wildman–Crippen MR) is 289 cm³/mol. The minimum Gasteiger partial charge on any atom is -0.340 e. The molecule has 0 fully saturated rings. The number of anilines is 1. The van der Waals surface area contributed by atoms with E-state index in [9.17, 15) is 0 Å². The first-order valence-electron chi connectivity index (χ1n) is 23.9. The molecule has 0 amide bonds. The third-order valence-corrected chi connectivity index (χ3v) is 14.4. The lowest BCUT2D eigenvalue weighted by atomic mass is 9.83.